The molecule has 1 aliphatic heterocycles. The summed E-state index contributed by atoms with van der Waals surface area (Å²) < 4.78 is 18.9. The maximum atomic E-state index is 13.3. The van der Waals surface area contributed by atoms with Gasteiger partial charge in [0.25, 0.3) is 0 Å². The SMILES string of the molecule is CN1CCCCC1CCOc1cc(F)cc(CO)c1. The molecule has 4 heteroatoms. The van der Waals surface area contributed by atoms with Gasteiger partial charge in [0.05, 0.1) is 13.2 Å². The molecule has 1 aromatic carbocycles. The van der Waals surface area contributed by atoms with Crippen LogP contribution in [0.1, 0.15) is 31.2 Å². The van der Waals surface area contributed by atoms with Crippen molar-refractivity contribution in [3.63, 3.8) is 0 Å². The number of piperidine rings is 1. The van der Waals surface area contributed by atoms with E-state index in [-0.39, 0.29) is 12.4 Å². The lowest BCUT2D eigenvalue weighted by Crippen LogP contribution is -2.37. The van der Waals surface area contributed by atoms with Gasteiger partial charge in [-0.05, 0) is 50.6 Å². The molecule has 1 atom stereocenters. The fourth-order valence-corrected chi connectivity index (χ4v) is 2.62. The summed E-state index contributed by atoms with van der Waals surface area (Å²) in [6.07, 6.45) is 4.73. The highest BCUT2D eigenvalue weighted by Crippen LogP contribution is 2.20. The lowest BCUT2D eigenvalue weighted by atomic mass is 10.0. The first kappa shape index (κ1) is 14.3. The van der Waals surface area contributed by atoms with Gasteiger partial charge in [0.2, 0.25) is 0 Å². The van der Waals surface area contributed by atoms with Crippen LogP contribution < -0.4 is 4.74 Å². The third-order valence-corrected chi connectivity index (χ3v) is 3.75. The summed E-state index contributed by atoms with van der Waals surface area (Å²) >= 11 is 0. The second kappa shape index (κ2) is 6.87. The minimum Gasteiger partial charge on any atom is -0.493 e. The van der Waals surface area contributed by atoms with Crippen LogP contribution in [0, 0.1) is 5.82 Å². The minimum absolute atomic E-state index is 0.167. The number of ether oxygens (including phenoxy) is 1. The van der Waals surface area contributed by atoms with Crippen molar-refractivity contribution in [2.45, 2.75) is 38.3 Å². The molecule has 1 aromatic rings. The van der Waals surface area contributed by atoms with Crippen molar-refractivity contribution in [3.8, 4) is 5.75 Å². The molecule has 1 fully saturated rings. The van der Waals surface area contributed by atoms with Crippen LogP contribution in [-0.2, 0) is 6.61 Å². The number of aliphatic hydroxyl groups is 1. The zero-order valence-electron chi connectivity index (χ0n) is 11.4. The van der Waals surface area contributed by atoms with Crippen molar-refractivity contribution in [3.05, 3.63) is 29.6 Å². The lowest BCUT2D eigenvalue weighted by molar-refractivity contribution is 0.153. The summed E-state index contributed by atoms with van der Waals surface area (Å²) in [5, 5.41) is 9.02. The Morgan fingerprint density at radius 1 is 1.37 bits per heavy atom. The molecule has 0 bridgehead atoms. The molecule has 0 saturated carbocycles. The van der Waals surface area contributed by atoms with Crippen LogP contribution in [0.4, 0.5) is 4.39 Å². The third-order valence-electron chi connectivity index (χ3n) is 3.75. The van der Waals surface area contributed by atoms with Gasteiger partial charge < -0.3 is 14.7 Å². The van der Waals surface area contributed by atoms with Crippen molar-refractivity contribution >= 4 is 0 Å². The number of rotatable bonds is 5. The second-order valence-electron chi connectivity index (χ2n) is 5.22. The quantitative estimate of drug-likeness (QED) is 0.890. The molecule has 0 aliphatic carbocycles. The van der Waals surface area contributed by atoms with Crippen LogP contribution in [0.2, 0.25) is 0 Å². The molecule has 1 heterocycles. The molecule has 0 spiro atoms. The van der Waals surface area contributed by atoms with E-state index in [2.05, 4.69) is 11.9 Å². The number of likely N-dealkylation sites (tertiary alicyclic amines) is 1. The fraction of sp³-hybridized carbons (Fsp3) is 0.600. The van der Waals surface area contributed by atoms with Crippen molar-refractivity contribution < 1.29 is 14.2 Å². The molecule has 0 aromatic heterocycles. The summed E-state index contributed by atoms with van der Waals surface area (Å²) in [5.41, 5.74) is 0.546. The van der Waals surface area contributed by atoms with Crippen LogP contribution in [-0.4, -0.2) is 36.2 Å². The molecule has 2 rings (SSSR count). The Morgan fingerprint density at radius 2 is 2.21 bits per heavy atom. The summed E-state index contributed by atoms with van der Waals surface area (Å²) in [5.74, 6) is 0.138. The monoisotopic (exact) mass is 267 g/mol. The first-order valence-corrected chi connectivity index (χ1v) is 6.92. The summed E-state index contributed by atoms with van der Waals surface area (Å²) in [7, 11) is 2.15. The summed E-state index contributed by atoms with van der Waals surface area (Å²) in [6.45, 7) is 1.57. The first-order valence-electron chi connectivity index (χ1n) is 6.92. The Labute approximate surface area is 114 Å². The van der Waals surface area contributed by atoms with Crippen molar-refractivity contribution in [2.24, 2.45) is 0 Å². The van der Waals surface area contributed by atoms with Gasteiger partial charge in [0.15, 0.2) is 0 Å². The van der Waals surface area contributed by atoms with Crippen molar-refractivity contribution in [1.29, 1.82) is 0 Å². The van der Waals surface area contributed by atoms with Crippen molar-refractivity contribution in [1.82, 2.24) is 4.90 Å². The molecule has 1 unspecified atom stereocenters. The Hall–Kier alpha value is -1.13. The van der Waals surface area contributed by atoms with E-state index in [1.165, 1.54) is 31.4 Å². The molecule has 0 amide bonds. The maximum absolute atomic E-state index is 13.3. The Kier molecular flexibility index (Phi) is 5.16. The predicted octanol–water partition coefficient (Wildman–Crippen LogP) is 2.57. The van der Waals surface area contributed by atoms with Gasteiger partial charge in [-0.25, -0.2) is 4.39 Å². The zero-order valence-corrected chi connectivity index (χ0v) is 11.4. The first-order chi connectivity index (χ1) is 9.19. The predicted molar refractivity (Wildman–Crippen MR) is 72.7 cm³/mol. The van der Waals surface area contributed by atoms with E-state index in [0.717, 1.165) is 13.0 Å². The Balaban J connectivity index is 1.83. The maximum Gasteiger partial charge on any atom is 0.127 e. The molecular weight excluding hydrogens is 245 g/mol. The van der Waals surface area contributed by atoms with E-state index in [9.17, 15) is 4.39 Å². The van der Waals surface area contributed by atoms with Gasteiger partial charge in [0.1, 0.15) is 11.6 Å². The Bertz CT molecular complexity index is 411. The van der Waals surface area contributed by atoms with Gasteiger partial charge in [-0.1, -0.05) is 6.42 Å². The number of nitrogens with zero attached hydrogens (tertiary/aromatic N) is 1. The smallest absolute Gasteiger partial charge is 0.127 e. The normalized spacial score (nSPS) is 20.5. The van der Waals surface area contributed by atoms with Gasteiger partial charge in [-0.2, -0.15) is 0 Å². The lowest BCUT2D eigenvalue weighted by Gasteiger charge is -2.32. The number of hydrogen-bond acceptors (Lipinski definition) is 3. The van der Waals surface area contributed by atoms with Gasteiger partial charge in [-0.3, -0.25) is 0 Å². The fourth-order valence-electron chi connectivity index (χ4n) is 2.62. The van der Waals surface area contributed by atoms with Gasteiger partial charge >= 0.3 is 0 Å². The topological polar surface area (TPSA) is 32.7 Å². The van der Waals surface area contributed by atoms with Gasteiger partial charge in [-0.15, -0.1) is 0 Å². The molecule has 1 saturated heterocycles. The third kappa shape index (κ3) is 4.18. The van der Waals surface area contributed by atoms with E-state index >= 15 is 0 Å². The van der Waals surface area contributed by atoms with E-state index in [1.807, 2.05) is 0 Å². The highest BCUT2D eigenvalue weighted by atomic mass is 19.1. The van der Waals surface area contributed by atoms with E-state index in [0.29, 0.717) is 24.0 Å². The average molecular weight is 267 g/mol. The molecule has 106 valence electrons. The number of hydrogen-bond donors (Lipinski definition) is 1. The van der Waals surface area contributed by atoms with Crippen LogP contribution in [0.25, 0.3) is 0 Å². The van der Waals surface area contributed by atoms with Crippen LogP contribution in [0.5, 0.6) is 5.75 Å². The Morgan fingerprint density at radius 3 is 2.95 bits per heavy atom. The van der Waals surface area contributed by atoms with Gasteiger partial charge in [0, 0.05) is 12.1 Å². The van der Waals surface area contributed by atoms with Crippen LogP contribution in [0.3, 0.4) is 0 Å². The van der Waals surface area contributed by atoms with E-state index in [1.54, 1.807) is 6.07 Å². The number of aliphatic hydroxyl groups excluding tert-OH is 1. The second-order valence-corrected chi connectivity index (χ2v) is 5.22. The standard InChI is InChI=1S/C15H22FNO2/c1-17-6-3-2-4-14(17)5-7-19-15-9-12(11-18)8-13(16)10-15/h8-10,14,18H,2-7,11H2,1H3. The summed E-state index contributed by atoms with van der Waals surface area (Å²) in [6, 6.07) is 4.94. The van der Waals surface area contributed by atoms with E-state index in [4.69, 9.17) is 9.84 Å². The van der Waals surface area contributed by atoms with Crippen LogP contribution in [0.15, 0.2) is 18.2 Å². The zero-order chi connectivity index (χ0) is 13.7. The molecule has 1 aliphatic rings. The molecule has 3 nitrogen and oxygen atoms in total. The largest absolute Gasteiger partial charge is 0.493 e. The average Bonchev–Trinajstić information content (AvgIpc) is 2.40. The van der Waals surface area contributed by atoms with E-state index < -0.39 is 0 Å². The van der Waals surface area contributed by atoms with Crippen LogP contribution >= 0.6 is 0 Å². The van der Waals surface area contributed by atoms with Crippen molar-refractivity contribution in [2.75, 3.05) is 20.2 Å². The minimum atomic E-state index is -0.365. The highest BCUT2D eigenvalue weighted by molar-refractivity contribution is 5.29. The molecular formula is C15H22FNO2. The molecule has 0 radical (unpaired) electrons. The molecule has 19 heavy (non-hydrogen) atoms. The highest BCUT2D eigenvalue weighted by Gasteiger charge is 2.18. The number of benzene rings is 1. The summed E-state index contributed by atoms with van der Waals surface area (Å²) in [4.78, 5) is 2.37. The molecule has 1 N–H and O–H groups in total. The number of halogens is 1.